The third kappa shape index (κ3) is 6.23. The van der Waals surface area contributed by atoms with Gasteiger partial charge in [-0.2, -0.15) is 0 Å². The van der Waals surface area contributed by atoms with E-state index in [1.807, 2.05) is 17.5 Å². The molecule has 0 unspecified atom stereocenters. The predicted molar refractivity (Wildman–Crippen MR) is 99.8 cm³/mol. The summed E-state index contributed by atoms with van der Waals surface area (Å²) in [6, 6.07) is 11.5. The Bertz CT molecular complexity index is 688. The van der Waals surface area contributed by atoms with E-state index in [-0.39, 0.29) is 23.7 Å². The molecule has 134 valence electrons. The number of hydrazine groups is 1. The molecular weight excluding hydrogens is 336 g/mol. The lowest BCUT2D eigenvalue weighted by molar-refractivity contribution is -0.122. The number of thiophene rings is 1. The Balaban J connectivity index is 1.64. The summed E-state index contributed by atoms with van der Waals surface area (Å²) < 4.78 is 5.64. The molecule has 0 saturated heterocycles. The highest BCUT2D eigenvalue weighted by Gasteiger charge is 2.13. The van der Waals surface area contributed by atoms with E-state index in [9.17, 15) is 9.59 Å². The molecule has 1 aromatic carbocycles. The fourth-order valence-corrected chi connectivity index (χ4v) is 2.75. The largest absolute Gasteiger partial charge is 0.494 e. The zero-order chi connectivity index (χ0) is 18.3. The lowest BCUT2D eigenvalue weighted by atomic mass is 9.87. The maximum atomic E-state index is 11.7. The Morgan fingerprint density at radius 2 is 1.80 bits per heavy atom. The van der Waals surface area contributed by atoms with Crippen molar-refractivity contribution in [2.75, 3.05) is 6.61 Å². The Morgan fingerprint density at radius 1 is 1.08 bits per heavy atom. The summed E-state index contributed by atoms with van der Waals surface area (Å²) in [5, 5.41) is 1.81. The van der Waals surface area contributed by atoms with E-state index in [1.165, 1.54) is 16.9 Å². The van der Waals surface area contributed by atoms with Crippen LogP contribution in [0.5, 0.6) is 5.75 Å². The maximum Gasteiger partial charge on any atom is 0.279 e. The smallest absolute Gasteiger partial charge is 0.279 e. The molecule has 2 amide bonds. The standard InChI is InChI=1S/C19H24N2O3S/c1-19(2,3)14-8-10-15(11-9-14)24-12-4-7-17(22)20-21-18(23)16-6-5-13-25-16/h5-6,8-11,13H,4,7,12H2,1-3H3,(H,20,22)(H,21,23). The Morgan fingerprint density at radius 3 is 2.40 bits per heavy atom. The van der Waals surface area contributed by atoms with Gasteiger partial charge in [-0.25, -0.2) is 0 Å². The minimum atomic E-state index is -0.307. The van der Waals surface area contributed by atoms with Crippen molar-refractivity contribution >= 4 is 23.2 Å². The molecule has 0 aliphatic carbocycles. The molecule has 0 radical (unpaired) electrons. The van der Waals surface area contributed by atoms with Crippen LogP contribution in [0.4, 0.5) is 0 Å². The molecule has 1 aromatic heterocycles. The highest BCUT2D eigenvalue weighted by Crippen LogP contribution is 2.24. The van der Waals surface area contributed by atoms with Crippen LogP contribution < -0.4 is 15.6 Å². The number of ether oxygens (including phenoxy) is 1. The van der Waals surface area contributed by atoms with Crippen molar-refractivity contribution in [2.24, 2.45) is 0 Å². The Labute approximate surface area is 152 Å². The van der Waals surface area contributed by atoms with Crippen molar-refractivity contribution in [3.63, 3.8) is 0 Å². The number of carbonyl (C=O) groups excluding carboxylic acids is 2. The SMILES string of the molecule is CC(C)(C)c1ccc(OCCCC(=O)NNC(=O)c2cccs2)cc1. The molecule has 0 fully saturated rings. The summed E-state index contributed by atoms with van der Waals surface area (Å²) in [5.74, 6) is 0.245. The predicted octanol–water partition coefficient (Wildman–Crippen LogP) is 3.67. The van der Waals surface area contributed by atoms with Crippen LogP contribution in [-0.4, -0.2) is 18.4 Å². The van der Waals surface area contributed by atoms with Crippen LogP contribution in [0, 0.1) is 0 Å². The highest BCUT2D eigenvalue weighted by atomic mass is 32.1. The van der Waals surface area contributed by atoms with Crippen LogP contribution in [-0.2, 0) is 10.2 Å². The second kappa shape index (κ2) is 8.67. The molecule has 25 heavy (non-hydrogen) atoms. The fraction of sp³-hybridized carbons (Fsp3) is 0.368. The molecule has 5 nitrogen and oxygen atoms in total. The number of carbonyl (C=O) groups is 2. The molecule has 0 atom stereocenters. The van der Waals surface area contributed by atoms with Crippen LogP contribution in [0.15, 0.2) is 41.8 Å². The zero-order valence-electron chi connectivity index (χ0n) is 14.8. The van der Waals surface area contributed by atoms with Crippen LogP contribution in [0.3, 0.4) is 0 Å². The van der Waals surface area contributed by atoms with Crippen LogP contribution in [0.25, 0.3) is 0 Å². The minimum absolute atomic E-state index is 0.115. The van der Waals surface area contributed by atoms with Gasteiger partial charge in [-0.05, 0) is 41.0 Å². The molecular formula is C19H24N2O3S. The lowest BCUT2D eigenvalue weighted by Crippen LogP contribution is -2.41. The van der Waals surface area contributed by atoms with E-state index < -0.39 is 0 Å². The van der Waals surface area contributed by atoms with Crippen molar-refractivity contribution in [3.05, 3.63) is 52.2 Å². The zero-order valence-corrected chi connectivity index (χ0v) is 15.6. The molecule has 2 rings (SSSR count). The van der Waals surface area contributed by atoms with Gasteiger partial charge in [0, 0.05) is 6.42 Å². The first kappa shape index (κ1) is 19.0. The quantitative estimate of drug-likeness (QED) is 0.610. The maximum absolute atomic E-state index is 11.7. The van der Waals surface area contributed by atoms with Crippen LogP contribution in [0.1, 0.15) is 48.8 Å². The van der Waals surface area contributed by atoms with Gasteiger partial charge in [0.1, 0.15) is 5.75 Å². The normalized spacial score (nSPS) is 11.0. The van der Waals surface area contributed by atoms with Crippen molar-refractivity contribution in [3.8, 4) is 5.75 Å². The first-order valence-corrected chi connectivity index (χ1v) is 9.10. The van der Waals surface area contributed by atoms with Gasteiger partial charge in [-0.15, -0.1) is 11.3 Å². The van der Waals surface area contributed by atoms with E-state index in [0.29, 0.717) is 17.9 Å². The number of benzene rings is 1. The summed E-state index contributed by atoms with van der Waals surface area (Å²) in [6.45, 7) is 6.94. The molecule has 0 saturated carbocycles. The van der Waals surface area contributed by atoms with Crippen molar-refractivity contribution in [2.45, 2.75) is 39.0 Å². The van der Waals surface area contributed by atoms with Gasteiger partial charge in [0.05, 0.1) is 11.5 Å². The van der Waals surface area contributed by atoms with E-state index in [4.69, 9.17) is 4.74 Å². The molecule has 0 bridgehead atoms. The number of nitrogens with one attached hydrogen (secondary N) is 2. The summed E-state index contributed by atoms with van der Waals surface area (Å²) in [6.07, 6.45) is 0.854. The second-order valence-electron chi connectivity index (χ2n) is 6.71. The van der Waals surface area contributed by atoms with Gasteiger partial charge < -0.3 is 4.74 Å². The average Bonchev–Trinajstić information content (AvgIpc) is 3.11. The lowest BCUT2D eigenvalue weighted by Gasteiger charge is -2.19. The van der Waals surface area contributed by atoms with Crippen LogP contribution >= 0.6 is 11.3 Å². The molecule has 0 spiro atoms. The summed E-state index contributed by atoms with van der Waals surface area (Å²) >= 11 is 1.32. The van der Waals surface area contributed by atoms with Gasteiger partial charge in [-0.3, -0.25) is 20.4 Å². The van der Waals surface area contributed by atoms with Gasteiger partial charge in [-0.1, -0.05) is 39.0 Å². The van der Waals surface area contributed by atoms with Gasteiger partial charge in [0.2, 0.25) is 5.91 Å². The fourth-order valence-electron chi connectivity index (χ4n) is 2.13. The second-order valence-corrected chi connectivity index (χ2v) is 7.65. The van der Waals surface area contributed by atoms with Gasteiger partial charge in [0.15, 0.2) is 0 Å². The third-order valence-electron chi connectivity index (χ3n) is 3.60. The molecule has 0 aliphatic rings. The Hall–Kier alpha value is -2.34. The average molecular weight is 360 g/mol. The molecule has 1 heterocycles. The minimum Gasteiger partial charge on any atom is -0.494 e. The first-order valence-electron chi connectivity index (χ1n) is 8.22. The van der Waals surface area contributed by atoms with E-state index in [1.54, 1.807) is 12.1 Å². The number of hydrogen-bond acceptors (Lipinski definition) is 4. The molecule has 2 N–H and O–H groups in total. The van der Waals surface area contributed by atoms with E-state index in [0.717, 1.165) is 5.75 Å². The number of hydrogen-bond donors (Lipinski definition) is 2. The molecule has 0 aliphatic heterocycles. The van der Waals surface area contributed by atoms with Crippen LogP contribution in [0.2, 0.25) is 0 Å². The monoisotopic (exact) mass is 360 g/mol. The molecule has 6 heteroatoms. The van der Waals surface area contributed by atoms with Crippen molar-refractivity contribution in [1.82, 2.24) is 10.9 Å². The van der Waals surface area contributed by atoms with Gasteiger partial charge >= 0.3 is 0 Å². The third-order valence-corrected chi connectivity index (χ3v) is 4.47. The van der Waals surface area contributed by atoms with E-state index >= 15 is 0 Å². The summed E-state index contributed by atoms with van der Waals surface area (Å²) in [4.78, 5) is 23.9. The Kier molecular flexibility index (Phi) is 6.58. The summed E-state index contributed by atoms with van der Waals surface area (Å²) in [5.41, 5.74) is 6.17. The van der Waals surface area contributed by atoms with Crippen molar-refractivity contribution < 1.29 is 14.3 Å². The topological polar surface area (TPSA) is 67.4 Å². The van der Waals surface area contributed by atoms with Gasteiger partial charge in [0.25, 0.3) is 5.91 Å². The highest BCUT2D eigenvalue weighted by molar-refractivity contribution is 7.12. The number of rotatable bonds is 6. The first-order chi connectivity index (χ1) is 11.9. The summed E-state index contributed by atoms with van der Waals surface area (Å²) in [7, 11) is 0. The van der Waals surface area contributed by atoms with Crippen molar-refractivity contribution in [1.29, 1.82) is 0 Å². The van der Waals surface area contributed by atoms with E-state index in [2.05, 4.69) is 43.8 Å². The molecule has 2 aromatic rings. The number of amides is 2.